The van der Waals surface area contributed by atoms with Gasteiger partial charge in [0.25, 0.3) is 0 Å². The summed E-state index contributed by atoms with van der Waals surface area (Å²) in [6, 6.07) is 3.98. The zero-order valence-corrected chi connectivity index (χ0v) is 8.14. The number of rotatable bonds is 4. The highest BCUT2D eigenvalue weighted by atomic mass is 16.6. The van der Waals surface area contributed by atoms with Gasteiger partial charge in [-0.15, -0.1) is 6.42 Å². The first-order chi connectivity index (χ1) is 7.57. The van der Waals surface area contributed by atoms with Crippen molar-refractivity contribution in [1.82, 2.24) is 0 Å². The van der Waals surface area contributed by atoms with Gasteiger partial charge in [0.05, 0.1) is 11.5 Å². The quantitative estimate of drug-likeness (QED) is 0.453. The van der Waals surface area contributed by atoms with Crippen molar-refractivity contribution in [3.05, 3.63) is 33.9 Å². The average molecular weight is 220 g/mol. The van der Waals surface area contributed by atoms with Crippen molar-refractivity contribution in [1.29, 1.82) is 0 Å². The van der Waals surface area contributed by atoms with Crippen molar-refractivity contribution < 1.29 is 14.8 Å². The molecule has 0 heterocycles. The lowest BCUT2D eigenvalue weighted by Crippen LogP contribution is -2.07. The molecule has 0 aliphatic rings. The van der Waals surface area contributed by atoms with E-state index in [0.29, 0.717) is 0 Å². The van der Waals surface area contributed by atoms with E-state index in [1.807, 2.05) is 0 Å². The molecular formula is C10H8N2O4. The third kappa shape index (κ3) is 2.27. The lowest BCUT2D eigenvalue weighted by atomic mass is 10.1. The Morgan fingerprint density at radius 2 is 2.31 bits per heavy atom. The molecule has 1 rings (SSSR count). The van der Waals surface area contributed by atoms with Crippen molar-refractivity contribution in [2.75, 3.05) is 11.9 Å². The van der Waals surface area contributed by atoms with E-state index in [2.05, 4.69) is 11.2 Å². The number of hydrogen-bond acceptors (Lipinski definition) is 4. The molecule has 82 valence electrons. The Hall–Kier alpha value is -2.55. The molecular weight excluding hydrogens is 212 g/mol. The summed E-state index contributed by atoms with van der Waals surface area (Å²) in [5, 5.41) is 22.2. The Labute approximate surface area is 91.0 Å². The summed E-state index contributed by atoms with van der Waals surface area (Å²) in [6.45, 7) is 0.0872. The minimum absolute atomic E-state index is 0.0872. The number of carboxylic acids is 1. The van der Waals surface area contributed by atoms with E-state index in [0.717, 1.165) is 0 Å². The molecule has 0 aliphatic carbocycles. The van der Waals surface area contributed by atoms with Gasteiger partial charge in [0.15, 0.2) is 0 Å². The van der Waals surface area contributed by atoms with E-state index < -0.39 is 16.6 Å². The Kier molecular flexibility index (Phi) is 3.45. The summed E-state index contributed by atoms with van der Waals surface area (Å²) >= 11 is 0. The third-order valence-corrected chi connectivity index (χ3v) is 1.83. The summed E-state index contributed by atoms with van der Waals surface area (Å²) in [7, 11) is 0. The predicted octanol–water partition coefficient (Wildman–Crippen LogP) is 1.34. The van der Waals surface area contributed by atoms with Gasteiger partial charge < -0.3 is 10.4 Å². The Morgan fingerprint density at radius 3 is 2.81 bits per heavy atom. The fourth-order valence-electron chi connectivity index (χ4n) is 1.20. The van der Waals surface area contributed by atoms with Crippen molar-refractivity contribution in [2.24, 2.45) is 0 Å². The van der Waals surface area contributed by atoms with Crippen LogP contribution >= 0.6 is 0 Å². The number of nitrogens with one attached hydrogen (secondary N) is 1. The third-order valence-electron chi connectivity index (χ3n) is 1.83. The molecule has 16 heavy (non-hydrogen) atoms. The second-order valence-electron chi connectivity index (χ2n) is 2.82. The van der Waals surface area contributed by atoms with Crippen LogP contribution in [0.4, 0.5) is 11.4 Å². The highest BCUT2D eigenvalue weighted by Gasteiger charge is 2.23. The lowest BCUT2D eigenvalue weighted by Gasteiger charge is -2.05. The fourth-order valence-corrected chi connectivity index (χ4v) is 1.20. The molecule has 0 bridgehead atoms. The number of para-hydroxylation sites is 1. The number of carbonyl (C=O) groups is 1. The molecule has 1 aromatic carbocycles. The summed E-state index contributed by atoms with van der Waals surface area (Å²) in [6.07, 6.45) is 5.00. The molecule has 0 aliphatic heterocycles. The number of anilines is 1. The summed E-state index contributed by atoms with van der Waals surface area (Å²) in [5.74, 6) is 0.899. The van der Waals surface area contributed by atoms with Crippen LogP contribution in [-0.2, 0) is 0 Å². The first kappa shape index (κ1) is 11.5. The maximum absolute atomic E-state index is 10.8. The molecule has 6 nitrogen and oxygen atoms in total. The highest BCUT2D eigenvalue weighted by molar-refractivity contribution is 5.95. The first-order valence-corrected chi connectivity index (χ1v) is 4.26. The van der Waals surface area contributed by atoms with E-state index in [1.54, 1.807) is 0 Å². The molecule has 0 saturated carbocycles. The van der Waals surface area contributed by atoms with Crippen LogP contribution in [0.15, 0.2) is 18.2 Å². The maximum Gasteiger partial charge on any atom is 0.342 e. The number of aromatic carboxylic acids is 1. The summed E-state index contributed by atoms with van der Waals surface area (Å²) in [4.78, 5) is 20.8. The van der Waals surface area contributed by atoms with Crippen LogP contribution in [0.5, 0.6) is 0 Å². The van der Waals surface area contributed by atoms with Crippen LogP contribution in [0.2, 0.25) is 0 Å². The summed E-state index contributed by atoms with van der Waals surface area (Å²) < 4.78 is 0. The van der Waals surface area contributed by atoms with Crippen molar-refractivity contribution in [3.8, 4) is 12.3 Å². The molecule has 1 aromatic rings. The van der Waals surface area contributed by atoms with E-state index >= 15 is 0 Å². The highest BCUT2D eigenvalue weighted by Crippen LogP contribution is 2.28. The number of nitro groups is 1. The number of hydrogen-bond donors (Lipinski definition) is 2. The Balaban J connectivity index is 3.28. The van der Waals surface area contributed by atoms with E-state index in [9.17, 15) is 14.9 Å². The number of nitrogens with zero attached hydrogens (tertiary/aromatic N) is 1. The van der Waals surface area contributed by atoms with Crippen LogP contribution in [-0.4, -0.2) is 22.5 Å². The zero-order chi connectivity index (χ0) is 12.1. The SMILES string of the molecule is C#CCNc1cccc(C(=O)O)c1[N+](=O)[O-]. The second kappa shape index (κ2) is 4.79. The van der Waals surface area contributed by atoms with Crippen LogP contribution in [0.25, 0.3) is 0 Å². The molecule has 0 amide bonds. The lowest BCUT2D eigenvalue weighted by molar-refractivity contribution is -0.384. The van der Waals surface area contributed by atoms with Crippen molar-refractivity contribution in [2.45, 2.75) is 0 Å². The van der Waals surface area contributed by atoms with Gasteiger partial charge in [0.2, 0.25) is 0 Å². The number of terminal acetylenes is 1. The molecule has 0 fully saturated rings. The standard InChI is InChI=1S/C10H8N2O4/c1-2-6-11-8-5-3-4-7(10(13)14)9(8)12(15)16/h1,3-5,11H,6H2,(H,13,14). The summed E-state index contributed by atoms with van der Waals surface area (Å²) in [5.41, 5.74) is -0.750. The Morgan fingerprint density at radius 1 is 1.62 bits per heavy atom. The topological polar surface area (TPSA) is 92.5 Å². The first-order valence-electron chi connectivity index (χ1n) is 4.26. The fraction of sp³-hybridized carbons (Fsp3) is 0.100. The van der Waals surface area contributed by atoms with Gasteiger partial charge in [-0.1, -0.05) is 12.0 Å². The molecule has 0 atom stereocenters. The van der Waals surface area contributed by atoms with Crippen LogP contribution in [0.3, 0.4) is 0 Å². The molecule has 0 spiro atoms. The van der Waals surface area contributed by atoms with Crippen molar-refractivity contribution in [3.63, 3.8) is 0 Å². The second-order valence-corrected chi connectivity index (χ2v) is 2.82. The maximum atomic E-state index is 10.8. The van der Waals surface area contributed by atoms with Crippen molar-refractivity contribution >= 4 is 17.3 Å². The normalized spacial score (nSPS) is 9.19. The minimum Gasteiger partial charge on any atom is -0.477 e. The minimum atomic E-state index is -1.35. The van der Waals surface area contributed by atoms with Gasteiger partial charge in [0.1, 0.15) is 11.3 Å². The predicted molar refractivity (Wildman–Crippen MR) is 57.4 cm³/mol. The molecule has 0 saturated heterocycles. The van der Waals surface area contributed by atoms with Gasteiger partial charge in [-0.3, -0.25) is 10.1 Å². The van der Waals surface area contributed by atoms with Gasteiger partial charge in [-0.25, -0.2) is 4.79 Å². The molecule has 0 aromatic heterocycles. The van der Waals surface area contributed by atoms with Crippen LogP contribution in [0, 0.1) is 22.5 Å². The molecule has 2 N–H and O–H groups in total. The molecule has 0 radical (unpaired) electrons. The molecule has 6 heteroatoms. The van der Waals surface area contributed by atoms with Gasteiger partial charge >= 0.3 is 11.7 Å². The number of carboxylic acid groups (broad SMARTS) is 1. The Bertz CT molecular complexity index is 476. The number of benzene rings is 1. The van der Waals surface area contributed by atoms with Gasteiger partial charge in [0, 0.05) is 0 Å². The average Bonchev–Trinajstić information content (AvgIpc) is 2.25. The van der Waals surface area contributed by atoms with Crippen LogP contribution in [0.1, 0.15) is 10.4 Å². The largest absolute Gasteiger partial charge is 0.477 e. The van der Waals surface area contributed by atoms with Crippen LogP contribution < -0.4 is 5.32 Å². The van der Waals surface area contributed by atoms with Gasteiger partial charge in [-0.2, -0.15) is 0 Å². The molecule has 0 unspecified atom stereocenters. The van der Waals surface area contributed by atoms with E-state index in [-0.39, 0.29) is 17.8 Å². The smallest absolute Gasteiger partial charge is 0.342 e. The van der Waals surface area contributed by atoms with E-state index in [4.69, 9.17) is 11.5 Å². The van der Waals surface area contributed by atoms with E-state index in [1.165, 1.54) is 18.2 Å². The number of nitro benzene ring substituents is 1. The van der Waals surface area contributed by atoms with Gasteiger partial charge in [-0.05, 0) is 12.1 Å². The zero-order valence-electron chi connectivity index (χ0n) is 8.14. The monoisotopic (exact) mass is 220 g/mol.